The summed E-state index contributed by atoms with van der Waals surface area (Å²) in [5.41, 5.74) is 0.224. The molecule has 2 rings (SSSR count). The van der Waals surface area contributed by atoms with Crippen LogP contribution in [0.25, 0.3) is 0 Å². The number of ether oxygens (including phenoxy) is 2. The molecule has 0 unspecified atom stereocenters. The summed E-state index contributed by atoms with van der Waals surface area (Å²) in [4.78, 5) is 26.0. The Kier molecular flexibility index (Phi) is 5.47. The van der Waals surface area contributed by atoms with Crippen molar-refractivity contribution >= 4 is 12.1 Å². The van der Waals surface area contributed by atoms with E-state index in [-0.39, 0.29) is 23.6 Å². The summed E-state index contributed by atoms with van der Waals surface area (Å²) in [5, 5.41) is 0. The Bertz CT molecular complexity index is 594. The minimum absolute atomic E-state index is 0.251. The highest BCUT2D eigenvalue weighted by molar-refractivity contribution is 5.75. The van der Waals surface area contributed by atoms with Crippen LogP contribution in [-0.2, 0) is 14.3 Å². The van der Waals surface area contributed by atoms with E-state index >= 15 is 0 Å². The molecule has 2 atom stereocenters. The Balaban J connectivity index is 2.21. The number of nitrogens with zero attached hydrogens (tertiary/aromatic N) is 1. The number of esters is 1. The second-order valence-electron chi connectivity index (χ2n) is 7.00. The lowest BCUT2D eigenvalue weighted by Crippen LogP contribution is -2.46. The third kappa shape index (κ3) is 4.46. The summed E-state index contributed by atoms with van der Waals surface area (Å²) >= 11 is 0. The molecule has 6 heteroatoms. The van der Waals surface area contributed by atoms with Crippen LogP contribution >= 0.6 is 0 Å². The van der Waals surface area contributed by atoms with Crippen molar-refractivity contribution in [3.63, 3.8) is 0 Å². The third-order valence-corrected chi connectivity index (χ3v) is 4.07. The first-order valence-electron chi connectivity index (χ1n) is 8.02. The summed E-state index contributed by atoms with van der Waals surface area (Å²) in [6.45, 7) is 6.18. The lowest BCUT2D eigenvalue weighted by molar-refractivity contribution is -0.147. The van der Waals surface area contributed by atoms with Crippen LogP contribution in [0.5, 0.6) is 0 Å². The van der Waals surface area contributed by atoms with Gasteiger partial charge in [-0.25, -0.2) is 9.18 Å². The van der Waals surface area contributed by atoms with Gasteiger partial charge in [0.25, 0.3) is 0 Å². The molecule has 1 aromatic rings. The van der Waals surface area contributed by atoms with Gasteiger partial charge >= 0.3 is 12.1 Å². The number of amides is 1. The van der Waals surface area contributed by atoms with Gasteiger partial charge in [-0.15, -0.1) is 0 Å². The van der Waals surface area contributed by atoms with Gasteiger partial charge in [-0.1, -0.05) is 12.1 Å². The third-order valence-electron chi connectivity index (χ3n) is 4.07. The van der Waals surface area contributed by atoms with Crippen LogP contribution in [0.2, 0.25) is 0 Å². The average molecular weight is 337 g/mol. The highest BCUT2D eigenvalue weighted by atomic mass is 19.1. The Hall–Kier alpha value is -2.11. The number of halogens is 1. The molecule has 0 saturated carbocycles. The second kappa shape index (κ2) is 7.20. The highest BCUT2D eigenvalue weighted by Gasteiger charge is 2.38. The molecule has 1 amide bonds. The molecule has 132 valence electrons. The number of piperidine rings is 1. The van der Waals surface area contributed by atoms with Gasteiger partial charge in [0.05, 0.1) is 13.0 Å². The van der Waals surface area contributed by atoms with E-state index in [0.717, 1.165) is 5.56 Å². The molecular weight excluding hydrogens is 313 g/mol. The Morgan fingerprint density at radius 2 is 1.83 bits per heavy atom. The van der Waals surface area contributed by atoms with Crippen molar-refractivity contribution in [3.05, 3.63) is 35.6 Å². The van der Waals surface area contributed by atoms with Crippen LogP contribution in [0.4, 0.5) is 9.18 Å². The van der Waals surface area contributed by atoms with Crippen molar-refractivity contribution in [2.45, 2.75) is 38.7 Å². The fourth-order valence-electron chi connectivity index (χ4n) is 2.93. The Morgan fingerprint density at radius 3 is 2.38 bits per heavy atom. The van der Waals surface area contributed by atoms with Gasteiger partial charge in [-0.2, -0.15) is 0 Å². The number of benzene rings is 1. The molecule has 1 saturated heterocycles. The van der Waals surface area contributed by atoms with Crippen molar-refractivity contribution in [2.75, 3.05) is 20.2 Å². The first-order valence-corrected chi connectivity index (χ1v) is 8.02. The molecule has 0 N–H and O–H groups in total. The fraction of sp³-hybridized carbons (Fsp3) is 0.556. The van der Waals surface area contributed by atoms with Crippen LogP contribution < -0.4 is 0 Å². The zero-order valence-electron chi connectivity index (χ0n) is 14.5. The average Bonchev–Trinajstić information content (AvgIpc) is 2.52. The largest absolute Gasteiger partial charge is 0.469 e. The zero-order chi connectivity index (χ0) is 17.9. The second-order valence-corrected chi connectivity index (χ2v) is 7.00. The molecule has 24 heavy (non-hydrogen) atoms. The van der Waals surface area contributed by atoms with Gasteiger partial charge in [0.2, 0.25) is 0 Å². The van der Waals surface area contributed by atoms with Crippen molar-refractivity contribution in [3.8, 4) is 0 Å². The van der Waals surface area contributed by atoms with Crippen LogP contribution in [0.15, 0.2) is 24.3 Å². The lowest BCUT2D eigenvalue weighted by Gasteiger charge is -2.38. The van der Waals surface area contributed by atoms with Gasteiger partial charge in [-0.05, 0) is 44.9 Å². The van der Waals surface area contributed by atoms with Crippen LogP contribution in [0.1, 0.15) is 38.7 Å². The van der Waals surface area contributed by atoms with Gasteiger partial charge in [0.15, 0.2) is 0 Å². The molecule has 0 radical (unpaired) electrons. The molecule has 1 fully saturated rings. The molecule has 1 aromatic carbocycles. The number of hydrogen-bond acceptors (Lipinski definition) is 4. The molecule has 1 heterocycles. The standard InChI is InChI=1S/C18H24FNO4/c1-18(2,3)24-17(22)20-10-9-14(16(21)23-4)15(11-20)12-5-7-13(19)8-6-12/h5-8,14-15H,9-11H2,1-4H3/t14-,15+/m0/s1. The first-order chi connectivity index (χ1) is 11.2. The Labute approximate surface area is 141 Å². The Morgan fingerprint density at radius 1 is 1.21 bits per heavy atom. The molecule has 0 spiro atoms. The predicted molar refractivity (Wildman–Crippen MR) is 87.1 cm³/mol. The monoisotopic (exact) mass is 337 g/mol. The minimum Gasteiger partial charge on any atom is -0.469 e. The van der Waals surface area contributed by atoms with Crippen molar-refractivity contribution in [1.82, 2.24) is 4.90 Å². The van der Waals surface area contributed by atoms with Crippen molar-refractivity contribution in [2.24, 2.45) is 5.92 Å². The van der Waals surface area contributed by atoms with E-state index in [2.05, 4.69) is 0 Å². The summed E-state index contributed by atoms with van der Waals surface area (Å²) < 4.78 is 23.5. The van der Waals surface area contributed by atoms with Crippen LogP contribution in [-0.4, -0.2) is 42.8 Å². The van der Waals surface area contributed by atoms with E-state index in [1.165, 1.54) is 19.2 Å². The summed E-state index contributed by atoms with van der Waals surface area (Å²) in [6, 6.07) is 6.01. The normalized spacial score (nSPS) is 21.3. The smallest absolute Gasteiger partial charge is 0.410 e. The first kappa shape index (κ1) is 18.2. The molecule has 5 nitrogen and oxygen atoms in total. The van der Waals surface area contributed by atoms with Crippen LogP contribution in [0, 0.1) is 11.7 Å². The number of likely N-dealkylation sites (tertiary alicyclic amines) is 1. The predicted octanol–water partition coefficient (Wildman–Crippen LogP) is 3.34. The molecule has 0 bridgehead atoms. The van der Waals surface area contributed by atoms with E-state index in [1.807, 2.05) is 20.8 Å². The molecule has 1 aliphatic heterocycles. The fourth-order valence-corrected chi connectivity index (χ4v) is 2.93. The maximum absolute atomic E-state index is 13.2. The van der Waals surface area contributed by atoms with Crippen molar-refractivity contribution < 1.29 is 23.5 Å². The molecule has 0 aromatic heterocycles. The van der Waals surface area contributed by atoms with E-state index in [9.17, 15) is 14.0 Å². The lowest BCUT2D eigenvalue weighted by atomic mass is 9.81. The summed E-state index contributed by atoms with van der Waals surface area (Å²) in [5.74, 6) is -1.26. The van der Waals surface area contributed by atoms with E-state index in [4.69, 9.17) is 9.47 Å². The summed E-state index contributed by atoms with van der Waals surface area (Å²) in [6.07, 6.45) is 0.0754. The summed E-state index contributed by atoms with van der Waals surface area (Å²) in [7, 11) is 1.35. The molecular formula is C18H24FNO4. The number of carbonyl (C=O) groups is 2. The zero-order valence-corrected chi connectivity index (χ0v) is 14.5. The van der Waals surface area contributed by atoms with Gasteiger partial charge in [0.1, 0.15) is 11.4 Å². The molecule has 1 aliphatic rings. The van der Waals surface area contributed by atoms with Crippen molar-refractivity contribution in [1.29, 1.82) is 0 Å². The number of methoxy groups -OCH3 is 1. The van der Waals surface area contributed by atoms with E-state index in [0.29, 0.717) is 19.5 Å². The number of carbonyl (C=O) groups excluding carboxylic acids is 2. The number of hydrogen-bond donors (Lipinski definition) is 0. The van der Waals surface area contributed by atoms with Gasteiger partial charge in [0, 0.05) is 19.0 Å². The molecule has 0 aliphatic carbocycles. The SMILES string of the molecule is COC(=O)[C@H]1CCN(C(=O)OC(C)(C)C)C[C@@H]1c1ccc(F)cc1. The van der Waals surface area contributed by atoms with E-state index < -0.39 is 11.7 Å². The van der Waals surface area contributed by atoms with Gasteiger partial charge < -0.3 is 14.4 Å². The topological polar surface area (TPSA) is 55.8 Å². The minimum atomic E-state index is -0.582. The maximum Gasteiger partial charge on any atom is 0.410 e. The highest BCUT2D eigenvalue weighted by Crippen LogP contribution is 2.34. The maximum atomic E-state index is 13.2. The van der Waals surface area contributed by atoms with Crippen LogP contribution in [0.3, 0.4) is 0 Å². The number of rotatable bonds is 2. The van der Waals surface area contributed by atoms with Gasteiger partial charge in [-0.3, -0.25) is 4.79 Å². The van der Waals surface area contributed by atoms with E-state index in [1.54, 1.807) is 17.0 Å². The quantitative estimate of drug-likeness (QED) is 0.777.